The Morgan fingerprint density at radius 1 is 1.75 bits per heavy atom. The zero-order chi connectivity index (χ0) is 14.3. The standard InChI is InChI=1S/C5H11NO2/c1-6(2,3)4-5(7)8/h4H2,1-3H3/p+1/i1D3,2D3,3D3. The fourth-order valence-electron chi connectivity index (χ4n) is 0.203. The molecule has 0 unspecified atom stereocenters. The smallest absolute Gasteiger partial charge is 0.359 e. The molecule has 0 spiro atoms. The lowest BCUT2D eigenvalue weighted by Gasteiger charge is -2.20. The van der Waals surface area contributed by atoms with Crippen molar-refractivity contribution in [2.75, 3.05) is 27.5 Å². The molecule has 0 amide bonds. The van der Waals surface area contributed by atoms with Gasteiger partial charge in [0.2, 0.25) is 0 Å². The average molecular weight is 127 g/mol. The van der Waals surface area contributed by atoms with Gasteiger partial charge in [-0.05, 0) is 0 Å². The van der Waals surface area contributed by atoms with Crippen molar-refractivity contribution in [3.8, 4) is 0 Å². The Morgan fingerprint density at radius 3 is 2.38 bits per heavy atom. The lowest BCUT2D eigenvalue weighted by atomic mass is 10.5. The van der Waals surface area contributed by atoms with Crippen LogP contribution in [0.2, 0.25) is 0 Å². The van der Waals surface area contributed by atoms with Crippen LogP contribution >= 0.6 is 0 Å². The summed E-state index contributed by atoms with van der Waals surface area (Å²) < 4.78 is 61.1. The van der Waals surface area contributed by atoms with Crippen LogP contribution in [-0.4, -0.2) is 43.0 Å². The van der Waals surface area contributed by atoms with Crippen LogP contribution in [0.25, 0.3) is 0 Å². The monoisotopic (exact) mass is 127 g/mol. The van der Waals surface area contributed by atoms with E-state index in [0.717, 1.165) is 0 Å². The third-order valence-corrected chi connectivity index (χ3v) is 0.372. The minimum atomic E-state index is -3.51. The molecule has 0 aliphatic heterocycles. The molecule has 0 saturated carbocycles. The number of nitrogens with zero attached hydrogens (tertiary/aromatic N) is 1. The predicted octanol–water partition coefficient (Wildman–Crippen LogP) is -0.223. The van der Waals surface area contributed by atoms with Crippen LogP contribution in [0.4, 0.5) is 0 Å². The molecule has 0 radical (unpaired) electrons. The Kier molecular flexibility index (Phi) is 0.344. The normalized spacial score (nSPS) is 32.8. The Balaban J connectivity index is 6.02. The lowest BCUT2D eigenvalue weighted by Crippen LogP contribution is -2.39. The van der Waals surface area contributed by atoms with Crippen molar-refractivity contribution in [2.24, 2.45) is 0 Å². The first-order chi connectivity index (χ1) is 7.17. The molecule has 0 heterocycles. The van der Waals surface area contributed by atoms with Gasteiger partial charge in [-0.1, -0.05) is 0 Å². The van der Waals surface area contributed by atoms with Crippen molar-refractivity contribution in [3.63, 3.8) is 0 Å². The van der Waals surface area contributed by atoms with Crippen molar-refractivity contribution in [3.05, 3.63) is 0 Å². The summed E-state index contributed by atoms with van der Waals surface area (Å²) in [4.78, 5) is 10.6. The van der Waals surface area contributed by atoms with Gasteiger partial charge in [-0.15, -0.1) is 0 Å². The van der Waals surface area contributed by atoms with Crippen molar-refractivity contribution in [1.29, 1.82) is 0 Å². The van der Waals surface area contributed by atoms with Crippen molar-refractivity contribution >= 4 is 5.97 Å². The molecule has 3 heteroatoms. The van der Waals surface area contributed by atoms with E-state index in [0.29, 0.717) is 0 Å². The second-order valence-corrected chi connectivity index (χ2v) is 1.36. The third kappa shape index (κ3) is 5.43. The van der Waals surface area contributed by atoms with Crippen LogP contribution in [-0.2, 0) is 4.79 Å². The van der Waals surface area contributed by atoms with Gasteiger partial charge in [0.15, 0.2) is 6.54 Å². The molecule has 0 bridgehead atoms. The molecular weight excluding hydrogens is 106 g/mol. The molecule has 8 heavy (non-hydrogen) atoms. The molecule has 3 nitrogen and oxygen atoms in total. The number of likely N-dealkylation sites (N-methyl/N-ethyl adjacent to an activating group) is 1. The van der Waals surface area contributed by atoms with Crippen molar-refractivity contribution < 1.29 is 26.7 Å². The molecule has 0 rings (SSSR count). The number of hydrogen-bond donors (Lipinski definition) is 1. The van der Waals surface area contributed by atoms with Crippen LogP contribution in [0.1, 0.15) is 12.3 Å². The van der Waals surface area contributed by atoms with Crippen molar-refractivity contribution in [1.82, 2.24) is 0 Å². The number of carboxylic acids is 1. The van der Waals surface area contributed by atoms with E-state index in [1.165, 1.54) is 0 Å². The number of carbonyl (C=O) groups is 1. The highest BCUT2D eigenvalue weighted by Gasteiger charge is 2.11. The first-order valence-electron chi connectivity index (χ1n) is 6.27. The van der Waals surface area contributed by atoms with Gasteiger partial charge in [-0.25, -0.2) is 4.79 Å². The number of aliphatic carboxylic acids is 1. The zero-order valence-corrected chi connectivity index (χ0v) is 4.01. The molecule has 0 atom stereocenters. The molecule has 0 aromatic heterocycles. The molecule has 0 aromatic carbocycles. The van der Waals surface area contributed by atoms with Gasteiger partial charge in [0.1, 0.15) is 0 Å². The number of hydrogen-bond acceptors (Lipinski definition) is 1. The van der Waals surface area contributed by atoms with Crippen LogP contribution < -0.4 is 0 Å². The minimum absolute atomic E-state index is 1.54. The van der Waals surface area contributed by atoms with Crippen LogP contribution in [0.15, 0.2) is 0 Å². The Labute approximate surface area is 61.8 Å². The van der Waals surface area contributed by atoms with Gasteiger partial charge in [0.25, 0.3) is 0 Å². The van der Waals surface area contributed by atoms with E-state index in [2.05, 4.69) is 0 Å². The fraction of sp³-hybridized carbons (Fsp3) is 0.800. The summed E-state index contributed by atoms with van der Waals surface area (Å²) >= 11 is 0. The molecule has 0 saturated heterocycles. The summed E-state index contributed by atoms with van der Waals surface area (Å²) in [6.45, 7) is -12.1. The van der Waals surface area contributed by atoms with E-state index in [4.69, 9.17) is 17.4 Å². The van der Waals surface area contributed by atoms with Gasteiger partial charge < -0.3 is 9.59 Å². The van der Waals surface area contributed by atoms with E-state index in [9.17, 15) is 4.79 Å². The van der Waals surface area contributed by atoms with Gasteiger partial charge in [0, 0.05) is 0 Å². The first kappa shape index (κ1) is 1.29. The van der Waals surface area contributed by atoms with Gasteiger partial charge in [0.05, 0.1) is 33.3 Å². The first-order valence-corrected chi connectivity index (χ1v) is 1.77. The average Bonchev–Trinajstić information content (AvgIpc) is 1.91. The van der Waals surface area contributed by atoms with Gasteiger partial charge in [-0.3, -0.25) is 0 Å². The van der Waals surface area contributed by atoms with Gasteiger partial charge >= 0.3 is 5.97 Å². The summed E-state index contributed by atoms with van der Waals surface area (Å²) in [5.41, 5.74) is 0. The third-order valence-electron chi connectivity index (χ3n) is 0.372. The molecule has 48 valence electrons. The minimum Gasteiger partial charge on any atom is -0.477 e. The SMILES string of the molecule is [2H]C([2H])([2H])[N+](CC(=O)O)(C([2H])([2H])[2H])C([2H])([2H])[2H]. The number of quaternary nitrogens is 1. The number of rotatable bonds is 2. The Morgan fingerprint density at radius 2 is 2.25 bits per heavy atom. The highest BCUT2D eigenvalue weighted by molar-refractivity contribution is 5.67. The van der Waals surface area contributed by atoms with E-state index >= 15 is 0 Å². The lowest BCUT2D eigenvalue weighted by molar-refractivity contribution is -0.862. The van der Waals surface area contributed by atoms with E-state index < -0.39 is 37.9 Å². The van der Waals surface area contributed by atoms with Gasteiger partial charge in [-0.2, -0.15) is 0 Å². The summed E-state index contributed by atoms with van der Waals surface area (Å²) in [6, 6.07) is 0. The van der Waals surface area contributed by atoms with E-state index in [1.54, 1.807) is 0 Å². The zero-order valence-electron chi connectivity index (χ0n) is 13.0. The maximum atomic E-state index is 10.6. The predicted molar refractivity (Wildman–Crippen MR) is 30.5 cm³/mol. The molecule has 0 aromatic rings. The quantitative estimate of drug-likeness (QED) is 0.521. The van der Waals surface area contributed by atoms with E-state index in [1.807, 2.05) is 0 Å². The van der Waals surface area contributed by atoms with Crippen LogP contribution in [0.3, 0.4) is 0 Å². The highest BCUT2D eigenvalue weighted by Crippen LogP contribution is 1.86. The van der Waals surface area contributed by atoms with E-state index in [-0.39, 0.29) is 0 Å². The molecule has 0 aliphatic rings. The molecular formula is C5H12NO2+. The summed E-state index contributed by atoms with van der Waals surface area (Å²) in [5, 5.41) is 8.57. The Bertz CT molecular complexity index is 264. The fourth-order valence-corrected chi connectivity index (χ4v) is 0.203. The maximum Gasteiger partial charge on any atom is 0.359 e. The summed E-state index contributed by atoms with van der Waals surface area (Å²) in [7, 11) is 0. The second kappa shape index (κ2) is 2.13. The topological polar surface area (TPSA) is 37.3 Å². The maximum absolute atomic E-state index is 10.6. The largest absolute Gasteiger partial charge is 0.477 e. The molecule has 1 N–H and O–H groups in total. The molecule has 0 fully saturated rings. The summed E-state index contributed by atoms with van der Waals surface area (Å²) in [5.74, 6) is -1.81. The highest BCUT2D eigenvalue weighted by atomic mass is 16.4. The second-order valence-electron chi connectivity index (χ2n) is 1.36. The Hall–Kier alpha value is -0.570. The van der Waals surface area contributed by atoms with Crippen LogP contribution in [0, 0.1) is 0 Å². The molecule has 0 aliphatic carbocycles. The summed E-state index contributed by atoms with van der Waals surface area (Å²) in [6.07, 6.45) is 0. The van der Waals surface area contributed by atoms with Crippen LogP contribution in [0.5, 0.6) is 0 Å². The van der Waals surface area contributed by atoms with Crippen molar-refractivity contribution in [2.45, 2.75) is 0 Å². The number of carboxylic acid groups (broad SMARTS) is 1.